The molecular weight excluding hydrogens is 204 g/mol. The minimum Gasteiger partial charge on any atom is -0.390 e. The first-order valence-corrected chi connectivity index (χ1v) is 6.06. The van der Waals surface area contributed by atoms with Gasteiger partial charge in [0.25, 0.3) is 0 Å². The normalized spacial score (nSPS) is 21.2. The number of aryl methyl sites for hydroxylation is 1. The molecular formula is C12H20N2O2. The molecule has 16 heavy (non-hydrogen) atoms. The van der Waals surface area contributed by atoms with E-state index in [4.69, 9.17) is 0 Å². The molecule has 1 aromatic heterocycles. The van der Waals surface area contributed by atoms with Crippen LogP contribution in [0.15, 0.2) is 12.4 Å². The Morgan fingerprint density at radius 3 is 2.75 bits per heavy atom. The Morgan fingerprint density at radius 1 is 1.50 bits per heavy atom. The summed E-state index contributed by atoms with van der Waals surface area (Å²) in [6.07, 6.45) is 7.00. The molecule has 1 unspecified atom stereocenters. The summed E-state index contributed by atoms with van der Waals surface area (Å²) in [6, 6.07) is 0. The summed E-state index contributed by atoms with van der Waals surface area (Å²) in [5.41, 5.74) is 0.128. The summed E-state index contributed by atoms with van der Waals surface area (Å²) < 4.78 is 1.83. The Morgan fingerprint density at radius 2 is 2.19 bits per heavy atom. The Hall–Kier alpha value is -0.870. The molecule has 90 valence electrons. The molecule has 0 aliphatic heterocycles. The number of nitrogens with zero attached hydrogens (tertiary/aromatic N) is 2. The van der Waals surface area contributed by atoms with E-state index >= 15 is 0 Å². The monoisotopic (exact) mass is 224 g/mol. The van der Waals surface area contributed by atoms with Crippen molar-refractivity contribution < 1.29 is 10.2 Å². The third kappa shape index (κ3) is 2.28. The van der Waals surface area contributed by atoms with Crippen LogP contribution >= 0.6 is 0 Å². The zero-order valence-electron chi connectivity index (χ0n) is 9.76. The van der Waals surface area contributed by atoms with Gasteiger partial charge in [0.05, 0.1) is 17.9 Å². The molecule has 4 nitrogen and oxygen atoms in total. The highest BCUT2D eigenvalue weighted by Crippen LogP contribution is 2.33. The predicted octanol–water partition coefficient (Wildman–Crippen LogP) is 1.11. The van der Waals surface area contributed by atoms with E-state index in [2.05, 4.69) is 5.10 Å². The van der Waals surface area contributed by atoms with Crippen LogP contribution in [0.25, 0.3) is 0 Å². The van der Waals surface area contributed by atoms with Crippen molar-refractivity contribution >= 4 is 0 Å². The summed E-state index contributed by atoms with van der Waals surface area (Å²) >= 11 is 0. The molecule has 0 amide bonds. The zero-order valence-corrected chi connectivity index (χ0v) is 9.76. The van der Waals surface area contributed by atoms with Crippen LogP contribution in [0.1, 0.15) is 38.2 Å². The van der Waals surface area contributed by atoms with Gasteiger partial charge in [0.15, 0.2) is 0 Å². The van der Waals surface area contributed by atoms with Crippen LogP contribution in [-0.4, -0.2) is 31.7 Å². The molecule has 0 bridgehead atoms. The number of hydrogen-bond donors (Lipinski definition) is 2. The molecule has 0 saturated heterocycles. The second-order valence-electron chi connectivity index (χ2n) is 4.73. The second-order valence-corrected chi connectivity index (χ2v) is 4.73. The number of aromatic nitrogens is 2. The molecule has 1 fully saturated rings. The third-order valence-electron chi connectivity index (χ3n) is 3.53. The summed E-state index contributed by atoms with van der Waals surface area (Å²) in [5, 5.41) is 24.4. The number of hydrogen-bond acceptors (Lipinski definition) is 3. The lowest BCUT2D eigenvalue weighted by atomic mass is 9.91. The van der Waals surface area contributed by atoms with Crippen LogP contribution in [0.5, 0.6) is 0 Å². The molecule has 1 aromatic rings. The van der Waals surface area contributed by atoms with Crippen molar-refractivity contribution in [1.29, 1.82) is 0 Å². The second kappa shape index (κ2) is 4.55. The Labute approximate surface area is 95.9 Å². The van der Waals surface area contributed by atoms with Crippen LogP contribution in [0.2, 0.25) is 0 Å². The quantitative estimate of drug-likeness (QED) is 0.805. The van der Waals surface area contributed by atoms with Crippen molar-refractivity contribution in [3.63, 3.8) is 0 Å². The van der Waals surface area contributed by atoms with Crippen LogP contribution in [-0.2, 0) is 13.0 Å². The van der Waals surface area contributed by atoms with Gasteiger partial charge in [0.1, 0.15) is 0 Å². The molecule has 0 radical (unpaired) electrons. The first-order chi connectivity index (χ1) is 7.64. The van der Waals surface area contributed by atoms with E-state index in [0.29, 0.717) is 6.42 Å². The van der Waals surface area contributed by atoms with Gasteiger partial charge in [-0.15, -0.1) is 0 Å². The first kappa shape index (κ1) is 11.6. The SMILES string of the molecule is CCn1cc(CC(O)C2(O)CCCC2)cn1. The van der Waals surface area contributed by atoms with E-state index in [9.17, 15) is 10.2 Å². The van der Waals surface area contributed by atoms with E-state index in [-0.39, 0.29) is 0 Å². The lowest BCUT2D eigenvalue weighted by Gasteiger charge is -2.28. The smallest absolute Gasteiger partial charge is 0.0908 e. The van der Waals surface area contributed by atoms with Gasteiger partial charge in [0.2, 0.25) is 0 Å². The van der Waals surface area contributed by atoms with Gasteiger partial charge in [0, 0.05) is 19.2 Å². The molecule has 0 spiro atoms. The van der Waals surface area contributed by atoms with E-state index in [1.807, 2.05) is 17.8 Å². The fourth-order valence-electron chi connectivity index (χ4n) is 2.42. The van der Waals surface area contributed by atoms with Crippen molar-refractivity contribution in [1.82, 2.24) is 9.78 Å². The highest BCUT2D eigenvalue weighted by molar-refractivity contribution is 5.08. The number of aliphatic hydroxyl groups is 2. The Bertz CT molecular complexity index is 343. The summed E-state index contributed by atoms with van der Waals surface area (Å²) in [7, 11) is 0. The van der Waals surface area contributed by atoms with Gasteiger partial charge in [-0.2, -0.15) is 5.10 Å². The topological polar surface area (TPSA) is 58.3 Å². The molecule has 1 heterocycles. The van der Waals surface area contributed by atoms with Gasteiger partial charge >= 0.3 is 0 Å². The maximum absolute atomic E-state index is 10.2. The van der Waals surface area contributed by atoms with Crippen LogP contribution in [0.4, 0.5) is 0 Å². The van der Waals surface area contributed by atoms with Crippen LogP contribution in [0.3, 0.4) is 0 Å². The van der Waals surface area contributed by atoms with Gasteiger partial charge in [-0.3, -0.25) is 4.68 Å². The van der Waals surface area contributed by atoms with E-state index in [1.54, 1.807) is 6.20 Å². The standard InChI is InChI=1S/C12H20N2O2/c1-2-14-9-10(8-13-14)7-11(15)12(16)5-3-4-6-12/h8-9,11,15-16H,2-7H2,1H3. The van der Waals surface area contributed by atoms with Gasteiger partial charge < -0.3 is 10.2 Å². The fraction of sp³-hybridized carbons (Fsp3) is 0.750. The molecule has 2 N–H and O–H groups in total. The molecule has 2 rings (SSSR count). The molecule has 0 aromatic carbocycles. The van der Waals surface area contributed by atoms with E-state index < -0.39 is 11.7 Å². The molecule has 1 aliphatic rings. The maximum atomic E-state index is 10.2. The molecule has 1 aliphatic carbocycles. The average Bonchev–Trinajstić information content (AvgIpc) is 2.88. The number of aliphatic hydroxyl groups excluding tert-OH is 1. The van der Waals surface area contributed by atoms with Crippen LogP contribution in [0, 0.1) is 0 Å². The van der Waals surface area contributed by atoms with Crippen molar-refractivity contribution in [2.75, 3.05) is 0 Å². The van der Waals surface area contributed by atoms with Gasteiger partial charge in [-0.05, 0) is 25.3 Å². The molecule has 4 heteroatoms. The summed E-state index contributed by atoms with van der Waals surface area (Å²) in [4.78, 5) is 0. The Balaban J connectivity index is 1.98. The third-order valence-corrected chi connectivity index (χ3v) is 3.53. The predicted molar refractivity (Wildman–Crippen MR) is 61.0 cm³/mol. The van der Waals surface area contributed by atoms with Crippen molar-refractivity contribution in [3.8, 4) is 0 Å². The van der Waals surface area contributed by atoms with Crippen molar-refractivity contribution in [2.45, 2.75) is 57.3 Å². The van der Waals surface area contributed by atoms with E-state index in [0.717, 1.165) is 37.8 Å². The Kier molecular flexibility index (Phi) is 3.30. The van der Waals surface area contributed by atoms with Crippen LogP contribution < -0.4 is 0 Å². The highest BCUT2D eigenvalue weighted by Gasteiger charge is 2.38. The zero-order chi connectivity index (χ0) is 11.6. The van der Waals surface area contributed by atoms with Gasteiger partial charge in [-0.25, -0.2) is 0 Å². The average molecular weight is 224 g/mol. The van der Waals surface area contributed by atoms with E-state index in [1.165, 1.54) is 0 Å². The lowest BCUT2D eigenvalue weighted by Crippen LogP contribution is -2.40. The lowest BCUT2D eigenvalue weighted by molar-refractivity contribution is -0.0689. The maximum Gasteiger partial charge on any atom is 0.0908 e. The van der Waals surface area contributed by atoms with Crippen molar-refractivity contribution in [3.05, 3.63) is 18.0 Å². The largest absolute Gasteiger partial charge is 0.390 e. The minimum absolute atomic E-state index is 0.497. The molecule has 1 atom stereocenters. The fourth-order valence-corrected chi connectivity index (χ4v) is 2.42. The number of rotatable bonds is 4. The first-order valence-electron chi connectivity index (χ1n) is 6.06. The van der Waals surface area contributed by atoms with Gasteiger partial charge in [-0.1, -0.05) is 12.8 Å². The highest BCUT2D eigenvalue weighted by atomic mass is 16.3. The van der Waals surface area contributed by atoms with Crippen molar-refractivity contribution in [2.24, 2.45) is 0 Å². The summed E-state index contributed by atoms with van der Waals surface area (Å²) in [5.74, 6) is 0. The minimum atomic E-state index is -0.867. The molecule has 1 saturated carbocycles. The summed E-state index contributed by atoms with van der Waals surface area (Å²) in [6.45, 7) is 2.86.